The van der Waals surface area contributed by atoms with Crippen molar-refractivity contribution in [3.8, 4) is 0 Å². The summed E-state index contributed by atoms with van der Waals surface area (Å²) >= 11 is 0. The van der Waals surface area contributed by atoms with E-state index < -0.39 is 0 Å². The number of rotatable bonds is 5. The second-order valence-corrected chi connectivity index (χ2v) is 7.68. The lowest BCUT2D eigenvalue weighted by Crippen LogP contribution is -2.43. The Morgan fingerprint density at radius 1 is 0.967 bits per heavy atom. The van der Waals surface area contributed by atoms with Gasteiger partial charge in [-0.05, 0) is 47.2 Å². The predicted octanol–water partition coefficient (Wildman–Crippen LogP) is 3.59. The maximum atomic E-state index is 12.5. The van der Waals surface area contributed by atoms with E-state index in [1.54, 1.807) is 24.5 Å². The summed E-state index contributed by atoms with van der Waals surface area (Å²) in [6.07, 6.45) is 5.04. The molecule has 0 atom stereocenters. The number of likely N-dealkylation sites (tertiary alicyclic amines) is 1. The Bertz CT molecular complexity index is 1010. The van der Waals surface area contributed by atoms with Crippen LogP contribution >= 0.6 is 0 Å². The van der Waals surface area contributed by atoms with E-state index in [2.05, 4.69) is 33.8 Å². The SMILES string of the molecule is O=C(NCc1cccc2ccccc12)NCC1CCN(C(=O)c2cccnc2)CC1. The maximum absolute atomic E-state index is 12.5. The van der Waals surface area contributed by atoms with Crippen molar-refractivity contribution in [2.45, 2.75) is 19.4 Å². The number of carbonyl (C=O) groups excluding carboxylic acids is 2. The number of aromatic nitrogens is 1. The average Bonchev–Trinajstić information content (AvgIpc) is 2.82. The molecule has 0 bridgehead atoms. The molecule has 0 saturated carbocycles. The number of piperidine rings is 1. The lowest BCUT2D eigenvalue weighted by molar-refractivity contribution is 0.0690. The Morgan fingerprint density at radius 3 is 2.57 bits per heavy atom. The quantitative estimate of drug-likeness (QED) is 0.685. The molecule has 6 nitrogen and oxygen atoms in total. The molecule has 0 radical (unpaired) electrons. The molecule has 0 unspecified atom stereocenters. The molecule has 154 valence electrons. The second kappa shape index (κ2) is 9.39. The highest BCUT2D eigenvalue weighted by Crippen LogP contribution is 2.19. The number of benzene rings is 2. The van der Waals surface area contributed by atoms with Crippen LogP contribution in [0.3, 0.4) is 0 Å². The van der Waals surface area contributed by atoms with Gasteiger partial charge in [0.2, 0.25) is 0 Å². The molecule has 1 aromatic heterocycles. The van der Waals surface area contributed by atoms with Gasteiger partial charge in [0.25, 0.3) is 5.91 Å². The molecule has 0 spiro atoms. The number of amides is 3. The number of urea groups is 1. The fourth-order valence-electron chi connectivity index (χ4n) is 3.93. The van der Waals surface area contributed by atoms with Gasteiger partial charge in [-0.2, -0.15) is 0 Å². The third kappa shape index (κ3) is 4.76. The predicted molar refractivity (Wildman–Crippen MR) is 117 cm³/mol. The summed E-state index contributed by atoms with van der Waals surface area (Å²) < 4.78 is 0. The van der Waals surface area contributed by atoms with Crippen LogP contribution in [0.1, 0.15) is 28.8 Å². The minimum absolute atomic E-state index is 0.0299. The van der Waals surface area contributed by atoms with Gasteiger partial charge in [-0.1, -0.05) is 42.5 Å². The number of hydrogen-bond donors (Lipinski definition) is 2. The van der Waals surface area contributed by atoms with Gasteiger partial charge in [0, 0.05) is 38.6 Å². The van der Waals surface area contributed by atoms with E-state index in [-0.39, 0.29) is 11.9 Å². The Morgan fingerprint density at radius 2 is 1.77 bits per heavy atom. The van der Waals surface area contributed by atoms with E-state index >= 15 is 0 Å². The highest BCUT2D eigenvalue weighted by Gasteiger charge is 2.24. The van der Waals surface area contributed by atoms with E-state index in [9.17, 15) is 9.59 Å². The molecule has 3 aromatic rings. The minimum atomic E-state index is -0.156. The third-order valence-electron chi connectivity index (χ3n) is 5.68. The molecule has 6 heteroatoms. The van der Waals surface area contributed by atoms with Crippen LogP contribution in [0.25, 0.3) is 10.8 Å². The van der Waals surface area contributed by atoms with Gasteiger partial charge in [-0.3, -0.25) is 9.78 Å². The van der Waals surface area contributed by atoms with E-state index in [0.717, 1.165) is 23.8 Å². The molecule has 4 rings (SSSR count). The van der Waals surface area contributed by atoms with Crippen LogP contribution in [0.4, 0.5) is 4.79 Å². The van der Waals surface area contributed by atoms with Gasteiger partial charge >= 0.3 is 6.03 Å². The lowest BCUT2D eigenvalue weighted by atomic mass is 9.96. The van der Waals surface area contributed by atoms with Gasteiger partial charge < -0.3 is 15.5 Å². The summed E-state index contributed by atoms with van der Waals surface area (Å²) in [5.74, 6) is 0.411. The molecule has 1 saturated heterocycles. The molecule has 1 fully saturated rings. The van der Waals surface area contributed by atoms with Crippen molar-refractivity contribution in [1.82, 2.24) is 20.5 Å². The molecule has 2 N–H and O–H groups in total. The smallest absolute Gasteiger partial charge is 0.315 e. The Kier molecular flexibility index (Phi) is 6.23. The average molecular weight is 402 g/mol. The first-order valence-corrected chi connectivity index (χ1v) is 10.4. The number of pyridine rings is 1. The molecule has 0 aliphatic carbocycles. The first-order valence-electron chi connectivity index (χ1n) is 10.4. The molecule has 2 heterocycles. The van der Waals surface area contributed by atoms with Crippen LogP contribution in [-0.4, -0.2) is 41.5 Å². The topological polar surface area (TPSA) is 74.3 Å². The van der Waals surface area contributed by atoms with Crippen molar-refractivity contribution in [3.63, 3.8) is 0 Å². The highest BCUT2D eigenvalue weighted by molar-refractivity contribution is 5.93. The van der Waals surface area contributed by atoms with Crippen molar-refractivity contribution in [2.75, 3.05) is 19.6 Å². The number of nitrogens with zero attached hydrogens (tertiary/aromatic N) is 2. The number of fused-ring (bicyclic) bond motifs is 1. The van der Waals surface area contributed by atoms with Crippen LogP contribution in [0.5, 0.6) is 0 Å². The van der Waals surface area contributed by atoms with E-state index in [4.69, 9.17) is 0 Å². The zero-order chi connectivity index (χ0) is 20.8. The van der Waals surface area contributed by atoms with Gasteiger partial charge in [0.15, 0.2) is 0 Å². The summed E-state index contributed by atoms with van der Waals surface area (Å²) in [6.45, 7) is 2.52. The summed E-state index contributed by atoms with van der Waals surface area (Å²) in [7, 11) is 0. The first kappa shape index (κ1) is 19.9. The molecule has 3 amide bonds. The largest absolute Gasteiger partial charge is 0.339 e. The van der Waals surface area contributed by atoms with Crippen molar-refractivity contribution in [1.29, 1.82) is 0 Å². The Hall–Kier alpha value is -3.41. The molecule has 1 aliphatic rings. The number of carbonyl (C=O) groups is 2. The monoisotopic (exact) mass is 402 g/mol. The molecular formula is C24H26N4O2. The lowest BCUT2D eigenvalue weighted by Gasteiger charge is -2.32. The normalized spacial score (nSPS) is 14.5. The maximum Gasteiger partial charge on any atom is 0.315 e. The summed E-state index contributed by atoms with van der Waals surface area (Å²) in [6, 6.07) is 17.7. The molecule has 1 aliphatic heterocycles. The van der Waals surface area contributed by atoms with E-state index in [1.807, 2.05) is 29.2 Å². The van der Waals surface area contributed by atoms with Crippen molar-refractivity contribution >= 4 is 22.7 Å². The van der Waals surface area contributed by atoms with Crippen LogP contribution in [0.2, 0.25) is 0 Å². The molecular weight excluding hydrogens is 376 g/mol. The molecule has 30 heavy (non-hydrogen) atoms. The zero-order valence-electron chi connectivity index (χ0n) is 16.9. The van der Waals surface area contributed by atoms with Crippen LogP contribution in [0, 0.1) is 5.92 Å². The van der Waals surface area contributed by atoms with Gasteiger partial charge in [-0.25, -0.2) is 4.79 Å². The zero-order valence-corrected chi connectivity index (χ0v) is 16.9. The van der Waals surface area contributed by atoms with Crippen LogP contribution < -0.4 is 10.6 Å². The van der Waals surface area contributed by atoms with E-state index in [1.165, 1.54) is 5.39 Å². The highest BCUT2D eigenvalue weighted by atomic mass is 16.2. The number of nitrogens with one attached hydrogen (secondary N) is 2. The summed E-state index contributed by atoms with van der Waals surface area (Å²) in [4.78, 5) is 30.6. The fourth-order valence-corrected chi connectivity index (χ4v) is 3.93. The van der Waals surface area contributed by atoms with Crippen molar-refractivity contribution in [2.24, 2.45) is 5.92 Å². The standard InChI is InChI=1S/C24H26N4O2/c29-23(21-8-4-12-25-16-21)28-13-10-18(11-14-28)15-26-24(30)27-17-20-7-3-6-19-5-1-2-9-22(19)20/h1-9,12,16,18H,10-11,13-15,17H2,(H2,26,27,30). The van der Waals surface area contributed by atoms with Gasteiger partial charge in [0.1, 0.15) is 0 Å². The van der Waals surface area contributed by atoms with Crippen LogP contribution in [-0.2, 0) is 6.54 Å². The molecule has 2 aromatic carbocycles. The summed E-state index contributed by atoms with van der Waals surface area (Å²) in [5.41, 5.74) is 1.73. The number of hydrogen-bond acceptors (Lipinski definition) is 3. The second-order valence-electron chi connectivity index (χ2n) is 7.68. The van der Waals surface area contributed by atoms with Crippen molar-refractivity contribution < 1.29 is 9.59 Å². The van der Waals surface area contributed by atoms with Gasteiger partial charge in [-0.15, -0.1) is 0 Å². The van der Waals surface area contributed by atoms with Crippen molar-refractivity contribution in [3.05, 3.63) is 78.1 Å². The van der Waals surface area contributed by atoms with Gasteiger partial charge in [0.05, 0.1) is 5.56 Å². The summed E-state index contributed by atoms with van der Waals surface area (Å²) in [5, 5.41) is 8.27. The fraction of sp³-hybridized carbons (Fsp3) is 0.292. The van der Waals surface area contributed by atoms with E-state index in [0.29, 0.717) is 37.7 Å². The Balaban J connectivity index is 1.21. The third-order valence-corrected chi connectivity index (χ3v) is 5.68. The van der Waals surface area contributed by atoms with Crippen LogP contribution in [0.15, 0.2) is 67.0 Å². The first-order chi connectivity index (χ1) is 14.7. The minimum Gasteiger partial charge on any atom is -0.339 e. The Labute approximate surface area is 176 Å².